The Balaban J connectivity index is 0. The van der Waals surface area contributed by atoms with Crippen LogP contribution in [-0.2, 0) is 38.7 Å². The summed E-state index contributed by atoms with van der Waals surface area (Å²) in [4.78, 5) is 55.0. The molecule has 0 saturated heterocycles. The average Bonchev–Trinajstić information content (AvgIpc) is 2.85. The van der Waals surface area contributed by atoms with E-state index in [4.69, 9.17) is 29.4 Å². The Hall–Kier alpha value is -1.55. The van der Waals surface area contributed by atoms with Crippen LogP contribution >= 0.6 is 0 Å². The fraction of sp³-hybridized carbons (Fsp3) is 0.900. The minimum absolute atomic E-state index is 0.0463. The van der Waals surface area contributed by atoms with Crippen molar-refractivity contribution in [2.75, 3.05) is 6.61 Å². The lowest BCUT2D eigenvalue weighted by Gasteiger charge is -2.34. The molecule has 0 saturated carbocycles. The Morgan fingerprint density at radius 1 is 0.615 bits per heavy atom. The topological polar surface area (TPSA) is 118 Å². The first-order valence-corrected chi connectivity index (χ1v) is 14.7. The van der Waals surface area contributed by atoms with Gasteiger partial charge in [-0.15, -0.1) is 0 Å². The maximum absolute atomic E-state index is 12.1. The van der Waals surface area contributed by atoms with Crippen molar-refractivity contribution in [2.45, 2.75) is 169 Å². The van der Waals surface area contributed by atoms with Gasteiger partial charge in [-0.25, -0.2) is 9.78 Å². The molecule has 0 aromatic rings. The van der Waals surface area contributed by atoms with Crippen LogP contribution in [0, 0.1) is 0 Å². The number of unbranched alkanes of at least 4 members (excludes halogenated alkanes) is 5. The van der Waals surface area contributed by atoms with Gasteiger partial charge in [0.2, 0.25) is 5.79 Å². The third-order valence-corrected chi connectivity index (χ3v) is 5.89. The van der Waals surface area contributed by atoms with E-state index >= 15 is 0 Å². The van der Waals surface area contributed by atoms with Crippen LogP contribution in [0.4, 0.5) is 0 Å². The van der Waals surface area contributed by atoms with Crippen LogP contribution in [0.3, 0.4) is 0 Å². The molecule has 0 atom stereocenters. The number of ether oxygens (including phenoxy) is 1. The highest BCUT2D eigenvalue weighted by Gasteiger charge is 2.36. The average molecular weight is 563 g/mol. The lowest BCUT2D eigenvalue weighted by molar-refractivity contribution is -0.540. The minimum atomic E-state index is -1.21. The van der Waals surface area contributed by atoms with Gasteiger partial charge in [-0.1, -0.05) is 65.7 Å². The fourth-order valence-electron chi connectivity index (χ4n) is 3.20. The van der Waals surface area contributed by atoms with Crippen molar-refractivity contribution >= 4 is 17.7 Å². The van der Waals surface area contributed by atoms with E-state index in [1.54, 1.807) is 6.92 Å². The van der Waals surface area contributed by atoms with Crippen molar-refractivity contribution in [1.82, 2.24) is 0 Å². The molecule has 0 heterocycles. The third-order valence-electron chi connectivity index (χ3n) is 5.89. The summed E-state index contributed by atoms with van der Waals surface area (Å²) in [6, 6.07) is 0. The van der Waals surface area contributed by atoms with Gasteiger partial charge in [0.05, 0.1) is 30.7 Å². The smallest absolute Gasteiger partial charge is 0.305 e. The summed E-state index contributed by atoms with van der Waals surface area (Å²) in [7, 11) is 0. The maximum atomic E-state index is 12.1. The van der Waals surface area contributed by atoms with E-state index in [1.165, 1.54) is 6.92 Å². The van der Waals surface area contributed by atoms with Gasteiger partial charge < -0.3 is 14.6 Å². The summed E-state index contributed by atoms with van der Waals surface area (Å²) < 4.78 is 5.27. The largest absolute Gasteiger partial charge is 0.481 e. The number of hydrogen-bond donors (Lipinski definition) is 1. The predicted molar refractivity (Wildman–Crippen MR) is 152 cm³/mol. The summed E-state index contributed by atoms with van der Waals surface area (Å²) in [6.45, 7) is 18.0. The van der Waals surface area contributed by atoms with E-state index in [9.17, 15) is 14.4 Å². The molecular formula is C30H58O9. The number of carbonyl (C=O) groups excluding carboxylic acids is 2. The second-order valence-electron chi connectivity index (χ2n) is 11.6. The number of Topliss-reactive ketones (excluding diaryl/α,β-unsaturated/α-hetero) is 1. The summed E-state index contributed by atoms with van der Waals surface area (Å²) in [5.74, 6) is -2.47. The van der Waals surface area contributed by atoms with Gasteiger partial charge in [-0.3, -0.25) is 9.59 Å². The van der Waals surface area contributed by atoms with Gasteiger partial charge in [0, 0.05) is 12.8 Å². The molecule has 0 spiro atoms. The summed E-state index contributed by atoms with van der Waals surface area (Å²) in [5, 5.41) is 8.01. The van der Waals surface area contributed by atoms with E-state index < -0.39 is 23.0 Å². The van der Waals surface area contributed by atoms with Crippen molar-refractivity contribution in [2.24, 2.45) is 0 Å². The molecule has 0 aliphatic rings. The number of esters is 1. The summed E-state index contributed by atoms with van der Waals surface area (Å²) >= 11 is 0. The molecule has 1 N–H and O–H groups in total. The van der Waals surface area contributed by atoms with Crippen LogP contribution < -0.4 is 0 Å². The SMILES string of the molecule is CC(=O)CCC(=O)O.CCCCCC(C)(C)OOC(C)(CCC(=O)OCCCC)OOC(C)(C)CCCCC. The van der Waals surface area contributed by atoms with E-state index in [0.717, 1.165) is 64.2 Å². The Bertz CT molecular complexity index is 619. The molecule has 0 fully saturated rings. The molecule has 9 heteroatoms. The molecule has 0 aromatic carbocycles. The fourth-order valence-corrected chi connectivity index (χ4v) is 3.20. The zero-order valence-corrected chi connectivity index (χ0v) is 26.3. The lowest BCUT2D eigenvalue weighted by atomic mass is 10.0. The minimum Gasteiger partial charge on any atom is -0.481 e. The number of rotatable bonds is 23. The molecule has 0 rings (SSSR count). The predicted octanol–water partition coefficient (Wildman–Crippen LogP) is 7.88. The number of carboxylic acids is 1. The van der Waals surface area contributed by atoms with Crippen LogP contribution in [-0.4, -0.2) is 46.4 Å². The monoisotopic (exact) mass is 562 g/mol. The van der Waals surface area contributed by atoms with Crippen molar-refractivity contribution in [3.05, 3.63) is 0 Å². The van der Waals surface area contributed by atoms with Crippen LogP contribution in [0.5, 0.6) is 0 Å². The highest BCUT2D eigenvalue weighted by molar-refractivity contribution is 5.80. The van der Waals surface area contributed by atoms with Crippen molar-refractivity contribution in [3.63, 3.8) is 0 Å². The van der Waals surface area contributed by atoms with E-state index in [2.05, 4.69) is 20.8 Å². The Labute approximate surface area is 237 Å². The van der Waals surface area contributed by atoms with E-state index in [1.807, 2.05) is 27.7 Å². The maximum Gasteiger partial charge on any atom is 0.305 e. The Kier molecular flexibility index (Phi) is 22.5. The number of carbonyl (C=O) groups is 3. The number of hydrogen-bond acceptors (Lipinski definition) is 8. The molecule has 0 radical (unpaired) electrons. The lowest BCUT2D eigenvalue weighted by Crippen LogP contribution is -2.40. The van der Waals surface area contributed by atoms with Gasteiger partial charge in [-0.05, 0) is 60.8 Å². The summed E-state index contributed by atoms with van der Waals surface area (Å²) in [6.07, 6.45) is 10.9. The normalized spacial score (nSPS) is 12.0. The van der Waals surface area contributed by atoms with E-state index in [-0.39, 0.29) is 37.4 Å². The first-order chi connectivity index (χ1) is 18.1. The van der Waals surface area contributed by atoms with Gasteiger partial charge >= 0.3 is 11.9 Å². The van der Waals surface area contributed by atoms with E-state index in [0.29, 0.717) is 6.61 Å². The van der Waals surface area contributed by atoms with Gasteiger partial charge in [0.25, 0.3) is 0 Å². The second-order valence-corrected chi connectivity index (χ2v) is 11.6. The van der Waals surface area contributed by atoms with Crippen LogP contribution in [0.1, 0.15) is 152 Å². The molecule has 0 amide bonds. The number of aliphatic carboxylic acids is 1. The van der Waals surface area contributed by atoms with Crippen molar-refractivity contribution in [3.8, 4) is 0 Å². The van der Waals surface area contributed by atoms with Gasteiger partial charge in [-0.2, -0.15) is 9.78 Å². The molecule has 0 bridgehead atoms. The van der Waals surface area contributed by atoms with Crippen molar-refractivity contribution in [1.29, 1.82) is 0 Å². The zero-order chi connectivity index (χ0) is 30.4. The molecule has 9 nitrogen and oxygen atoms in total. The van der Waals surface area contributed by atoms with Crippen molar-refractivity contribution < 1.29 is 43.8 Å². The quantitative estimate of drug-likeness (QED) is 0.0436. The van der Waals surface area contributed by atoms with Crippen LogP contribution in [0.15, 0.2) is 0 Å². The first kappa shape index (κ1) is 39.6. The summed E-state index contributed by atoms with van der Waals surface area (Å²) in [5.41, 5.74) is -0.920. The molecule has 232 valence electrons. The molecule has 39 heavy (non-hydrogen) atoms. The third kappa shape index (κ3) is 26.4. The highest BCUT2D eigenvalue weighted by Crippen LogP contribution is 2.29. The standard InChI is InChI=1S/C25H50O6.C5H8O3/c1-9-12-15-18-23(4,5)28-30-25(8,20-17-22(26)27-21-14-11-3)31-29-24(6,7)19-16-13-10-2;1-4(6)2-3-5(7)8/h9-21H2,1-8H3;2-3H2,1H3,(H,7,8). The number of carboxylic acid groups (broad SMARTS) is 1. The van der Waals surface area contributed by atoms with Gasteiger partial charge in [0.15, 0.2) is 0 Å². The Morgan fingerprint density at radius 3 is 1.44 bits per heavy atom. The molecular weight excluding hydrogens is 504 g/mol. The van der Waals surface area contributed by atoms with Crippen LogP contribution in [0.2, 0.25) is 0 Å². The highest BCUT2D eigenvalue weighted by atomic mass is 17.3. The molecule has 0 aliphatic carbocycles. The molecule has 0 aromatic heterocycles. The molecule has 0 unspecified atom stereocenters. The number of ketones is 1. The van der Waals surface area contributed by atoms with Crippen LogP contribution in [0.25, 0.3) is 0 Å². The zero-order valence-electron chi connectivity index (χ0n) is 26.3. The van der Waals surface area contributed by atoms with Gasteiger partial charge in [0.1, 0.15) is 5.78 Å². The first-order valence-electron chi connectivity index (χ1n) is 14.7. The molecule has 0 aliphatic heterocycles. The Morgan fingerprint density at radius 2 is 1.08 bits per heavy atom. The second kappa shape index (κ2) is 22.2.